The van der Waals surface area contributed by atoms with Crippen LogP contribution >= 0.6 is 23.5 Å². The molecule has 10 aromatic rings. The summed E-state index contributed by atoms with van der Waals surface area (Å²) >= 11 is 3.82. The number of hydrogen-bond acceptors (Lipinski definition) is 2. The van der Waals surface area contributed by atoms with Crippen molar-refractivity contribution in [1.82, 2.24) is 0 Å². The van der Waals surface area contributed by atoms with Gasteiger partial charge >= 0.3 is 0 Å². The van der Waals surface area contributed by atoms with Gasteiger partial charge in [-0.05, 0) is 112 Å². The van der Waals surface area contributed by atoms with Crippen molar-refractivity contribution in [1.29, 1.82) is 0 Å². The van der Waals surface area contributed by atoms with E-state index in [9.17, 15) is 0 Å². The van der Waals surface area contributed by atoms with Gasteiger partial charge in [0.15, 0.2) is 0 Å². The van der Waals surface area contributed by atoms with Gasteiger partial charge in [-0.25, -0.2) is 0 Å². The Balaban J connectivity index is 1.20. The van der Waals surface area contributed by atoms with Gasteiger partial charge in [-0.3, -0.25) is 0 Å². The van der Waals surface area contributed by atoms with Crippen LogP contribution in [-0.2, 0) is 0 Å². The van der Waals surface area contributed by atoms with Crippen LogP contribution in [0.3, 0.4) is 0 Å². The molecule has 10 aromatic carbocycles. The van der Waals surface area contributed by atoms with Gasteiger partial charge in [-0.1, -0.05) is 195 Å². The van der Waals surface area contributed by atoms with Crippen molar-refractivity contribution in [3.8, 4) is 44.5 Å². The Kier molecular flexibility index (Phi) is 7.35. The van der Waals surface area contributed by atoms with Crippen molar-refractivity contribution < 1.29 is 0 Å². The average Bonchev–Trinajstić information content (AvgIpc) is 3.22. The van der Waals surface area contributed by atoms with Crippen LogP contribution in [0.5, 0.6) is 0 Å². The normalized spacial score (nSPS) is 13.6. The van der Waals surface area contributed by atoms with Gasteiger partial charge in [-0.15, -0.1) is 0 Å². The molecule has 2 heterocycles. The molecule has 0 saturated carbocycles. The molecule has 0 N–H and O–H groups in total. The fourth-order valence-electron chi connectivity index (χ4n) is 10.3. The first-order chi connectivity index (χ1) is 28.0. The lowest BCUT2D eigenvalue weighted by Crippen LogP contribution is -2.39. The van der Waals surface area contributed by atoms with Crippen LogP contribution in [0.1, 0.15) is 0 Å². The topological polar surface area (TPSA) is 0 Å². The summed E-state index contributed by atoms with van der Waals surface area (Å²) in [7, 11) is -3.64. The summed E-state index contributed by atoms with van der Waals surface area (Å²) in [6, 6.07) is 56.5. The quantitative estimate of drug-likeness (QED) is 0.128. The highest BCUT2D eigenvalue weighted by atomic mass is 32.2. The number of benzene rings is 10. The molecule has 2 aliphatic heterocycles. The first-order valence-corrected chi connectivity index (χ1v) is 29.1. The lowest BCUT2D eigenvalue weighted by atomic mass is 9.84. The minimum atomic E-state index is -1.82. The molecule has 0 nitrogen and oxygen atoms in total. The predicted octanol–water partition coefficient (Wildman–Crippen LogP) is 15.6. The molecule has 0 aromatic heterocycles. The standard InChI is InChI=1S/C54H42S2Si2/c1-57(2,3)49-29-43(33-22-25-40-35-14-8-10-18-46(35)56-48-20-12-16-37(33)52(40)48)44-30-50(58(4,5)6)41-27-23-32(38-26-28-42(49)54(44)53(38)41)31-21-24-39-34-13-7-9-17-45(34)55-47-19-11-15-36(31)51(39)47/h7-30H,1-6H3. The lowest BCUT2D eigenvalue weighted by Gasteiger charge is -2.29. The molecule has 278 valence electrons. The lowest BCUT2D eigenvalue weighted by molar-refractivity contribution is 1.40. The van der Waals surface area contributed by atoms with Gasteiger partial charge < -0.3 is 0 Å². The Morgan fingerprint density at radius 2 is 0.672 bits per heavy atom. The van der Waals surface area contributed by atoms with Crippen LogP contribution in [0.2, 0.25) is 39.3 Å². The van der Waals surface area contributed by atoms with E-state index in [4.69, 9.17) is 0 Å². The smallest absolute Gasteiger partial charge is 0.0784 e. The average molecular weight is 811 g/mol. The first-order valence-electron chi connectivity index (χ1n) is 20.5. The summed E-state index contributed by atoms with van der Waals surface area (Å²) in [4.78, 5) is 5.38. The van der Waals surface area contributed by atoms with Gasteiger partial charge in [0.05, 0.1) is 16.1 Å². The molecule has 2 aliphatic rings. The van der Waals surface area contributed by atoms with E-state index in [1.807, 2.05) is 23.5 Å². The summed E-state index contributed by atoms with van der Waals surface area (Å²) in [6.45, 7) is 15.2. The van der Waals surface area contributed by atoms with E-state index >= 15 is 0 Å². The molecule has 12 rings (SSSR count). The molecule has 0 amide bonds. The van der Waals surface area contributed by atoms with E-state index in [2.05, 4.69) is 185 Å². The maximum Gasteiger partial charge on any atom is 0.0784 e. The van der Waals surface area contributed by atoms with E-state index in [-0.39, 0.29) is 0 Å². The van der Waals surface area contributed by atoms with Crippen LogP contribution in [-0.4, -0.2) is 16.1 Å². The molecule has 4 heteroatoms. The minimum absolute atomic E-state index is 1.32. The molecule has 0 saturated heterocycles. The Morgan fingerprint density at radius 3 is 1.22 bits per heavy atom. The summed E-state index contributed by atoms with van der Waals surface area (Å²) in [5, 5.41) is 17.1. The second-order valence-corrected chi connectivity index (χ2v) is 30.6. The maximum absolute atomic E-state index is 2.63. The third kappa shape index (κ3) is 4.89. The highest BCUT2D eigenvalue weighted by Crippen LogP contribution is 2.53. The molecule has 0 radical (unpaired) electrons. The minimum Gasteiger partial charge on any atom is -0.0888 e. The second-order valence-electron chi connectivity index (χ2n) is 18.4. The molecule has 58 heavy (non-hydrogen) atoms. The van der Waals surface area contributed by atoms with Crippen LogP contribution in [0.4, 0.5) is 0 Å². The number of rotatable bonds is 4. The third-order valence-electron chi connectivity index (χ3n) is 12.9. The molecular weight excluding hydrogens is 769 g/mol. The van der Waals surface area contributed by atoms with Crippen molar-refractivity contribution in [2.24, 2.45) is 0 Å². The first kappa shape index (κ1) is 34.9. The fourth-order valence-corrected chi connectivity index (χ4v) is 15.8. The van der Waals surface area contributed by atoms with E-state index in [1.165, 1.54) is 118 Å². The van der Waals surface area contributed by atoms with Crippen LogP contribution in [0, 0.1) is 0 Å². The Bertz CT molecular complexity index is 3410. The van der Waals surface area contributed by atoms with Crippen molar-refractivity contribution in [2.75, 3.05) is 0 Å². The predicted molar refractivity (Wildman–Crippen MR) is 261 cm³/mol. The van der Waals surface area contributed by atoms with E-state index in [0.29, 0.717) is 0 Å². The van der Waals surface area contributed by atoms with Crippen molar-refractivity contribution in [2.45, 2.75) is 58.9 Å². The maximum atomic E-state index is 2.63. The largest absolute Gasteiger partial charge is 0.0888 e. The van der Waals surface area contributed by atoms with Gasteiger partial charge in [0, 0.05) is 30.4 Å². The summed E-state index contributed by atoms with van der Waals surface area (Å²) in [5.41, 5.74) is 10.8. The summed E-state index contributed by atoms with van der Waals surface area (Å²) < 4.78 is 0. The Morgan fingerprint density at radius 1 is 0.276 bits per heavy atom. The van der Waals surface area contributed by atoms with Crippen LogP contribution < -0.4 is 10.4 Å². The van der Waals surface area contributed by atoms with Crippen molar-refractivity contribution in [3.05, 3.63) is 146 Å². The zero-order chi connectivity index (χ0) is 39.2. The monoisotopic (exact) mass is 810 g/mol. The zero-order valence-corrected chi connectivity index (χ0v) is 37.3. The van der Waals surface area contributed by atoms with E-state index in [0.717, 1.165) is 0 Å². The van der Waals surface area contributed by atoms with Crippen LogP contribution in [0.15, 0.2) is 165 Å². The highest BCUT2D eigenvalue weighted by Gasteiger charge is 2.30. The molecule has 0 spiro atoms. The van der Waals surface area contributed by atoms with Crippen molar-refractivity contribution in [3.63, 3.8) is 0 Å². The van der Waals surface area contributed by atoms with Crippen LogP contribution in [0.25, 0.3) is 98.4 Å². The van der Waals surface area contributed by atoms with E-state index in [1.54, 1.807) is 10.4 Å². The van der Waals surface area contributed by atoms with Gasteiger partial charge in [0.25, 0.3) is 0 Å². The fraction of sp³-hybridized carbons (Fsp3) is 0.111. The van der Waals surface area contributed by atoms with Gasteiger partial charge in [0.2, 0.25) is 0 Å². The molecule has 0 atom stereocenters. The Hall–Kier alpha value is -5.11. The zero-order valence-electron chi connectivity index (χ0n) is 33.7. The van der Waals surface area contributed by atoms with E-state index < -0.39 is 16.1 Å². The molecule has 0 fully saturated rings. The van der Waals surface area contributed by atoms with Gasteiger partial charge in [-0.2, -0.15) is 0 Å². The number of fused-ring (bicyclic) bond motifs is 4. The third-order valence-corrected chi connectivity index (χ3v) is 19.2. The summed E-state index contributed by atoms with van der Waals surface area (Å²) in [5.74, 6) is 0. The summed E-state index contributed by atoms with van der Waals surface area (Å²) in [6.07, 6.45) is 0. The van der Waals surface area contributed by atoms with Crippen molar-refractivity contribution >= 4 is 104 Å². The molecule has 0 aliphatic carbocycles. The number of hydrogen-bond donors (Lipinski definition) is 0. The highest BCUT2D eigenvalue weighted by molar-refractivity contribution is 8.00. The molecular formula is C54H42S2Si2. The Labute approximate surface area is 350 Å². The molecule has 0 unspecified atom stereocenters. The molecule has 0 bridgehead atoms. The van der Waals surface area contributed by atoms with Gasteiger partial charge in [0.1, 0.15) is 0 Å². The second kappa shape index (κ2) is 12.2. The SMILES string of the molecule is C[Si](C)(C)c1cc2c(-c3ccc4c5c(cccc35)Sc3ccccc3-4)cc([Si](C)(C)C)c3ccc4c(-c5ccc6c7c(cccc57)Sc5ccccc5-6)ccc1c4c23.